The molecule has 0 heterocycles. The van der Waals surface area contributed by atoms with Crippen LogP contribution in [0.25, 0.3) is 0 Å². The van der Waals surface area contributed by atoms with E-state index in [2.05, 4.69) is 6.92 Å². The van der Waals surface area contributed by atoms with E-state index in [1.807, 2.05) is 18.2 Å². The van der Waals surface area contributed by atoms with Crippen LogP contribution in [0.15, 0.2) is 24.3 Å². The Bertz CT molecular complexity index is 335. The van der Waals surface area contributed by atoms with Gasteiger partial charge in [-0.25, -0.2) is 0 Å². The molecule has 1 aromatic rings. The van der Waals surface area contributed by atoms with Crippen LogP contribution < -0.4 is 0 Å². The highest BCUT2D eigenvalue weighted by molar-refractivity contribution is 6.31. The van der Waals surface area contributed by atoms with E-state index in [0.29, 0.717) is 5.02 Å². The second-order valence-electron chi connectivity index (χ2n) is 4.53. The first-order valence-corrected chi connectivity index (χ1v) is 6.54. The van der Waals surface area contributed by atoms with Crippen LogP contribution in [0.5, 0.6) is 0 Å². The molecule has 0 aliphatic heterocycles. The second kappa shape index (κ2) is 7.00. The van der Waals surface area contributed by atoms with Crippen molar-refractivity contribution in [1.82, 2.24) is 0 Å². The summed E-state index contributed by atoms with van der Waals surface area (Å²) in [5, 5.41) is 19.9. The van der Waals surface area contributed by atoms with Gasteiger partial charge in [0.05, 0.1) is 13.2 Å². The molecule has 0 bridgehead atoms. The summed E-state index contributed by atoms with van der Waals surface area (Å²) in [6.45, 7) is 1.99. The average Bonchev–Trinajstić information content (AvgIpc) is 2.36. The maximum absolute atomic E-state index is 9.64. The van der Waals surface area contributed by atoms with Crippen molar-refractivity contribution >= 4 is 11.6 Å². The standard InChI is InChI=1S/C14H21ClO2/c1-2-3-6-9-14(10-16,11-17)12-7-4-5-8-13(12)15/h4-5,7-8,16-17H,2-3,6,9-11H2,1H3. The summed E-state index contributed by atoms with van der Waals surface area (Å²) in [6.07, 6.45) is 3.97. The molecule has 0 radical (unpaired) electrons. The summed E-state index contributed by atoms with van der Waals surface area (Å²) in [4.78, 5) is 0. The Balaban J connectivity index is 2.94. The zero-order chi connectivity index (χ0) is 12.7. The van der Waals surface area contributed by atoms with Crippen molar-refractivity contribution in [2.75, 3.05) is 13.2 Å². The summed E-state index contributed by atoms with van der Waals surface area (Å²) < 4.78 is 0. The number of hydrogen-bond acceptors (Lipinski definition) is 2. The zero-order valence-electron chi connectivity index (χ0n) is 10.3. The Morgan fingerprint density at radius 3 is 2.29 bits per heavy atom. The lowest BCUT2D eigenvalue weighted by molar-refractivity contribution is 0.107. The highest BCUT2D eigenvalue weighted by atomic mass is 35.5. The van der Waals surface area contributed by atoms with Crippen LogP contribution >= 0.6 is 11.6 Å². The van der Waals surface area contributed by atoms with Crippen LogP contribution in [0, 0.1) is 0 Å². The fourth-order valence-electron chi connectivity index (χ4n) is 2.12. The SMILES string of the molecule is CCCCCC(CO)(CO)c1ccccc1Cl. The van der Waals surface area contributed by atoms with Crippen molar-refractivity contribution in [2.24, 2.45) is 0 Å². The highest BCUT2D eigenvalue weighted by Crippen LogP contribution is 2.34. The Labute approximate surface area is 108 Å². The van der Waals surface area contributed by atoms with Crippen LogP contribution in [0.2, 0.25) is 5.02 Å². The molecular formula is C14H21ClO2. The van der Waals surface area contributed by atoms with Gasteiger partial charge >= 0.3 is 0 Å². The molecule has 0 amide bonds. The molecule has 2 N–H and O–H groups in total. The topological polar surface area (TPSA) is 40.5 Å². The lowest BCUT2D eigenvalue weighted by atomic mass is 9.77. The largest absolute Gasteiger partial charge is 0.395 e. The maximum atomic E-state index is 9.64. The predicted molar refractivity (Wildman–Crippen MR) is 71.4 cm³/mol. The van der Waals surface area contributed by atoms with Gasteiger partial charge < -0.3 is 10.2 Å². The smallest absolute Gasteiger partial charge is 0.0550 e. The van der Waals surface area contributed by atoms with Gasteiger partial charge in [-0.1, -0.05) is 56.0 Å². The van der Waals surface area contributed by atoms with Crippen molar-refractivity contribution in [2.45, 2.75) is 38.0 Å². The molecule has 1 rings (SSSR count). The molecule has 2 nitrogen and oxygen atoms in total. The molecule has 0 aromatic heterocycles. The molecule has 3 heteroatoms. The van der Waals surface area contributed by atoms with Gasteiger partial charge in [0.15, 0.2) is 0 Å². The quantitative estimate of drug-likeness (QED) is 0.736. The van der Waals surface area contributed by atoms with Gasteiger partial charge in [-0.3, -0.25) is 0 Å². The molecule has 0 saturated carbocycles. The third-order valence-corrected chi connectivity index (χ3v) is 3.64. The summed E-state index contributed by atoms with van der Waals surface area (Å²) in [5.74, 6) is 0. The van der Waals surface area contributed by atoms with Crippen LogP contribution in [-0.4, -0.2) is 23.4 Å². The van der Waals surface area contributed by atoms with Crippen molar-refractivity contribution in [3.63, 3.8) is 0 Å². The normalized spacial score (nSPS) is 11.8. The predicted octanol–water partition coefficient (Wildman–Crippen LogP) is 3.14. The summed E-state index contributed by atoms with van der Waals surface area (Å²) in [5.41, 5.74) is 0.246. The molecule has 0 aliphatic rings. The first-order chi connectivity index (χ1) is 8.20. The number of unbranched alkanes of at least 4 members (excludes halogenated alkanes) is 2. The fraction of sp³-hybridized carbons (Fsp3) is 0.571. The molecule has 0 atom stereocenters. The van der Waals surface area contributed by atoms with E-state index in [-0.39, 0.29) is 13.2 Å². The molecule has 0 spiro atoms. The van der Waals surface area contributed by atoms with E-state index < -0.39 is 5.41 Å². The summed E-state index contributed by atoms with van der Waals surface area (Å²) in [7, 11) is 0. The first-order valence-electron chi connectivity index (χ1n) is 6.17. The minimum Gasteiger partial charge on any atom is -0.395 e. The van der Waals surface area contributed by atoms with Crippen molar-refractivity contribution < 1.29 is 10.2 Å². The van der Waals surface area contributed by atoms with E-state index in [1.165, 1.54) is 0 Å². The first kappa shape index (κ1) is 14.5. The Kier molecular flexibility index (Phi) is 5.96. The lowest BCUT2D eigenvalue weighted by Crippen LogP contribution is -2.35. The molecule has 0 fully saturated rings. The summed E-state index contributed by atoms with van der Waals surface area (Å²) >= 11 is 6.16. The minimum absolute atomic E-state index is 0.0725. The van der Waals surface area contributed by atoms with Gasteiger partial charge in [0.25, 0.3) is 0 Å². The second-order valence-corrected chi connectivity index (χ2v) is 4.94. The minimum atomic E-state index is -0.604. The number of aliphatic hydroxyl groups excluding tert-OH is 2. The third-order valence-electron chi connectivity index (χ3n) is 3.31. The van der Waals surface area contributed by atoms with Gasteiger partial charge in [0, 0.05) is 10.4 Å². The number of benzene rings is 1. The van der Waals surface area contributed by atoms with E-state index in [1.54, 1.807) is 6.07 Å². The Hall–Kier alpha value is -0.570. The lowest BCUT2D eigenvalue weighted by Gasteiger charge is -2.31. The van der Waals surface area contributed by atoms with Crippen molar-refractivity contribution in [3.05, 3.63) is 34.9 Å². The molecule has 17 heavy (non-hydrogen) atoms. The maximum Gasteiger partial charge on any atom is 0.0550 e. The molecule has 1 aromatic carbocycles. The van der Waals surface area contributed by atoms with Gasteiger partial charge in [-0.15, -0.1) is 0 Å². The van der Waals surface area contributed by atoms with E-state index in [0.717, 1.165) is 31.2 Å². The Morgan fingerprint density at radius 1 is 1.12 bits per heavy atom. The van der Waals surface area contributed by atoms with Crippen LogP contribution in [-0.2, 0) is 5.41 Å². The monoisotopic (exact) mass is 256 g/mol. The highest BCUT2D eigenvalue weighted by Gasteiger charge is 2.32. The van der Waals surface area contributed by atoms with E-state index in [4.69, 9.17) is 11.6 Å². The van der Waals surface area contributed by atoms with Crippen LogP contribution in [0.4, 0.5) is 0 Å². The zero-order valence-corrected chi connectivity index (χ0v) is 11.1. The average molecular weight is 257 g/mol. The van der Waals surface area contributed by atoms with Gasteiger partial charge in [0.2, 0.25) is 0 Å². The van der Waals surface area contributed by atoms with Gasteiger partial charge in [0.1, 0.15) is 0 Å². The van der Waals surface area contributed by atoms with Crippen molar-refractivity contribution in [3.8, 4) is 0 Å². The molecular weight excluding hydrogens is 236 g/mol. The van der Waals surface area contributed by atoms with E-state index in [9.17, 15) is 10.2 Å². The molecule has 0 unspecified atom stereocenters. The number of aliphatic hydroxyl groups is 2. The third kappa shape index (κ3) is 3.44. The molecule has 0 aliphatic carbocycles. The van der Waals surface area contributed by atoms with Gasteiger partial charge in [-0.2, -0.15) is 0 Å². The molecule has 0 saturated heterocycles. The molecule has 96 valence electrons. The van der Waals surface area contributed by atoms with Crippen molar-refractivity contribution in [1.29, 1.82) is 0 Å². The Morgan fingerprint density at radius 2 is 1.76 bits per heavy atom. The van der Waals surface area contributed by atoms with Crippen LogP contribution in [0.3, 0.4) is 0 Å². The fourth-order valence-corrected chi connectivity index (χ4v) is 2.45. The number of halogens is 1. The van der Waals surface area contributed by atoms with Crippen LogP contribution in [0.1, 0.15) is 38.2 Å². The number of rotatable bonds is 7. The van der Waals surface area contributed by atoms with Gasteiger partial charge in [-0.05, 0) is 18.1 Å². The van der Waals surface area contributed by atoms with E-state index >= 15 is 0 Å². The number of hydrogen-bond donors (Lipinski definition) is 2. The summed E-state index contributed by atoms with van der Waals surface area (Å²) in [6, 6.07) is 7.44.